The Morgan fingerprint density at radius 3 is 3.17 bits per heavy atom. The average molecular weight is 244 g/mol. The lowest BCUT2D eigenvalue weighted by Crippen LogP contribution is -2.04. The number of nitrogens with zero attached hydrogens (tertiary/aromatic N) is 3. The molecule has 1 aliphatic rings. The van der Waals surface area contributed by atoms with Gasteiger partial charge in [-0.2, -0.15) is 5.10 Å². The summed E-state index contributed by atoms with van der Waals surface area (Å²) in [5, 5.41) is 4.35. The Morgan fingerprint density at radius 2 is 2.28 bits per heavy atom. The highest BCUT2D eigenvalue weighted by Crippen LogP contribution is 2.21. The number of hydrogen-bond acceptors (Lipinski definition) is 4. The minimum absolute atomic E-state index is 0.462. The third-order valence-corrected chi connectivity index (χ3v) is 3.29. The van der Waals surface area contributed by atoms with Crippen LogP contribution in [0.25, 0.3) is 0 Å². The second-order valence-corrected chi connectivity index (χ2v) is 4.42. The molecule has 0 bridgehead atoms. The van der Waals surface area contributed by atoms with Crippen molar-refractivity contribution in [1.29, 1.82) is 0 Å². The Hall–Kier alpha value is -1.88. The minimum Gasteiger partial charge on any atom is -0.487 e. The monoisotopic (exact) mass is 244 g/mol. The van der Waals surface area contributed by atoms with Crippen molar-refractivity contribution in [3.05, 3.63) is 41.5 Å². The number of rotatable bonds is 4. The van der Waals surface area contributed by atoms with Crippen molar-refractivity contribution in [2.24, 2.45) is 5.73 Å². The van der Waals surface area contributed by atoms with E-state index in [4.69, 9.17) is 10.5 Å². The summed E-state index contributed by atoms with van der Waals surface area (Å²) in [5.41, 5.74) is 9.11. The fourth-order valence-corrected chi connectivity index (χ4v) is 2.31. The van der Waals surface area contributed by atoms with E-state index in [1.165, 1.54) is 17.7 Å². The van der Waals surface area contributed by atoms with Gasteiger partial charge in [-0.3, -0.25) is 9.67 Å². The summed E-state index contributed by atoms with van der Waals surface area (Å²) in [5.74, 6) is 0.762. The minimum atomic E-state index is 0.462. The molecule has 3 heterocycles. The van der Waals surface area contributed by atoms with Gasteiger partial charge in [0.05, 0.1) is 12.4 Å². The maximum Gasteiger partial charge on any atom is 0.142 e. The molecule has 0 aliphatic carbocycles. The van der Waals surface area contributed by atoms with Crippen molar-refractivity contribution in [2.45, 2.75) is 32.5 Å². The molecule has 0 amide bonds. The third-order valence-electron chi connectivity index (χ3n) is 3.29. The molecule has 5 nitrogen and oxygen atoms in total. The van der Waals surface area contributed by atoms with Crippen LogP contribution >= 0.6 is 0 Å². The number of ether oxygens (including phenoxy) is 1. The summed E-state index contributed by atoms with van der Waals surface area (Å²) in [7, 11) is 0. The average Bonchev–Trinajstić information content (AvgIpc) is 3.00. The van der Waals surface area contributed by atoms with Gasteiger partial charge < -0.3 is 10.5 Å². The molecule has 0 saturated heterocycles. The normalized spacial score (nSPS) is 13.6. The second-order valence-electron chi connectivity index (χ2n) is 4.42. The lowest BCUT2D eigenvalue weighted by atomic mass is 10.2. The quantitative estimate of drug-likeness (QED) is 0.879. The summed E-state index contributed by atoms with van der Waals surface area (Å²) < 4.78 is 7.86. The molecule has 0 radical (unpaired) electrons. The molecule has 0 aromatic carbocycles. The second kappa shape index (κ2) is 4.78. The zero-order chi connectivity index (χ0) is 12.4. The molecule has 5 heteroatoms. The molecule has 2 aromatic rings. The highest BCUT2D eigenvalue weighted by atomic mass is 16.5. The first kappa shape index (κ1) is 11.2. The van der Waals surface area contributed by atoms with Crippen molar-refractivity contribution in [1.82, 2.24) is 14.8 Å². The molecule has 0 atom stereocenters. The molecule has 0 fully saturated rings. The van der Waals surface area contributed by atoms with Gasteiger partial charge in [0.15, 0.2) is 0 Å². The largest absolute Gasteiger partial charge is 0.487 e. The summed E-state index contributed by atoms with van der Waals surface area (Å²) >= 11 is 0. The fourth-order valence-electron chi connectivity index (χ4n) is 2.31. The van der Waals surface area contributed by atoms with Crippen molar-refractivity contribution < 1.29 is 4.74 Å². The molecule has 2 aromatic heterocycles. The number of fused-ring (bicyclic) bond motifs is 1. The van der Waals surface area contributed by atoms with E-state index in [2.05, 4.69) is 14.8 Å². The standard InChI is InChI=1S/C13H16N4O/c14-6-10-3-4-15-8-13(10)18-9-11-7-16-17-5-1-2-12(11)17/h3-4,7-8H,1-2,5-6,9,14H2. The molecule has 0 saturated carbocycles. The molecule has 18 heavy (non-hydrogen) atoms. The van der Waals surface area contributed by atoms with Crippen LogP contribution in [-0.4, -0.2) is 14.8 Å². The van der Waals surface area contributed by atoms with Crippen LogP contribution in [0.1, 0.15) is 23.2 Å². The predicted octanol–water partition coefficient (Wildman–Crippen LogP) is 1.26. The van der Waals surface area contributed by atoms with Crippen LogP contribution in [0, 0.1) is 0 Å². The highest BCUT2D eigenvalue weighted by molar-refractivity contribution is 5.30. The van der Waals surface area contributed by atoms with E-state index in [1.54, 1.807) is 12.4 Å². The van der Waals surface area contributed by atoms with Gasteiger partial charge in [-0.15, -0.1) is 0 Å². The van der Waals surface area contributed by atoms with Crippen molar-refractivity contribution >= 4 is 0 Å². The Labute approximate surface area is 106 Å². The van der Waals surface area contributed by atoms with Crippen LogP contribution in [-0.2, 0) is 26.1 Å². The predicted molar refractivity (Wildman–Crippen MR) is 67.0 cm³/mol. The molecular weight excluding hydrogens is 228 g/mol. The first-order chi connectivity index (χ1) is 8.88. The van der Waals surface area contributed by atoms with Gasteiger partial charge in [0, 0.05) is 36.1 Å². The van der Waals surface area contributed by atoms with Gasteiger partial charge in [0.25, 0.3) is 0 Å². The summed E-state index contributed by atoms with van der Waals surface area (Å²) in [6.07, 6.45) is 7.61. The number of pyridine rings is 1. The van der Waals surface area contributed by atoms with E-state index in [1.807, 2.05) is 12.3 Å². The van der Waals surface area contributed by atoms with Crippen LogP contribution < -0.4 is 10.5 Å². The van der Waals surface area contributed by atoms with Crippen LogP contribution in [0.4, 0.5) is 0 Å². The van der Waals surface area contributed by atoms with Crippen molar-refractivity contribution in [3.8, 4) is 5.75 Å². The van der Waals surface area contributed by atoms with Crippen LogP contribution in [0.15, 0.2) is 24.7 Å². The fraction of sp³-hybridized carbons (Fsp3) is 0.385. The summed E-state index contributed by atoms with van der Waals surface area (Å²) in [6.45, 7) is 2.02. The highest BCUT2D eigenvalue weighted by Gasteiger charge is 2.16. The first-order valence-electron chi connectivity index (χ1n) is 6.18. The summed E-state index contributed by atoms with van der Waals surface area (Å²) in [6, 6.07) is 1.89. The first-order valence-corrected chi connectivity index (χ1v) is 6.18. The Morgan fingerprint density at radius 1 is 1.33 bits per heavy atom. The zero-order valence-corrected chi connectivity index (χ0v) is 10.2. The third kappa shape index (κ3) is 1.97. The smallest absolute Gasteiger partial charge is 0.142 e. The van der Waals surface area contributed by atoms with Gasteiger partial charge >= 0.3 is 0 Å². The molecule has 94 valence electrons. The Bertz CT molecular complexity index is 550. The van der Waals surface area contributed by atoms with Crippen LogP contribution in [0.3, 0.4) is 0 Å². The number of aromatic nitrogens is 3. The Balaban J connectivity index is 1.74. The zero-order valence-electron chi connectivity index (χ0n) is 10.2. The molecule has 3 rings (SSSR count). The van der Waals surface area contributed by atoms with Crippen molar-refractivity contribution in [3.63, 3.8) is 0 Å². The molecule has 0 unspecified atom stereocenters. The van der Waals surface area contributed by atoms with E-state index < -0.39 is 0 Å². The Kier molecular flexibility index (Phi) is 2.98. The molecular formula is C13H16N4O. The maximum absolute atomic E-state index is 5.80. The van der Waals surface area contributed by atoms with E-state index in [0.29, 0.717) is 13.2 Å². The SMILES string of the molecule is NCc1ccncc1OCc1cnn2c1CCC2. The molecule has 2 N–H and O–H groups in total. The van der Waals surface area contributed by atoms with Gasteiger partial charge in [-0.05, 0) is 18.9 Å². The van der Waals surface area contributed by atoms with Gasteiger partial charge in [0.1, 0.15) is 12.4 Å². The van der Waals surface area contributed by atoms with Crippen LogP contribution in [0.2, 0.25) is 0 Å². The van der Waals surface area contributed by atoms with E-state index in [9.17, 15) is 0 Å². The molecule has 1 aliphatic heterocycles. The lowest BCUT2D eigenvalue weighted by Gasteiger charge is -2.09. The summed E-state index contributed by atoms with van der Waals surface area (Å²) in [4.78, 5) is 4.06. The van der Waals surface area contributed by atoms with Gasteiger partial charge in [-0.25, -0.2) is 0 Å². The van der Waals surface area contributed by atoms with Crippen LogP contribution in [0.5, 0.6) is 5.75 Å². The number of nitrogens with two attached hydrogens (primary N) is 1. The van der Waals surface area contributed by atoms with Gasteiger partial charge in [-0.1, -0.05) is 0 Å². The number of hydrogen-bond donors (Lipinski definition) is 1. The van der Waals surface area contributed by atoms with E-state index >= 15 is 0 Å². The topological polar surface area (TPSA) is 66.0 Å². The lowest BCUT2D eigenvalue weighted by molar-refractivity contribution is 0.300. The van der Waals surface area contributed by atoms with Gasteiger partial charge in [0.2, 0.25) is 0 Å². The van der Waals surface area contributed by atoms with E-state index in [-0.39, 0.29) is 0 Å². The number of aryl methyl sites for hydroxylation is 1. The molecule has 0 spiro atoms. The maximum atomic E-state index is 5.80. The van der Waals surface area contributed by atoms with Crippen molar-refractivity contribution in [2.75, 3.05) is 0 Å². The van der Waals surface area contributed by atoms with E-state index in [0.717, 1.165) is 24.3 Å².